The molecule has 1 amide bonds. The minimum absolute atomic E-state index is 0.136. The lowest BCUT2D eigenvalue weighted by atomic mass is 10.2. The molecule has 1 heterocycles. The van der Waals surface area contributed by atoms with E-state index in [1.807, 2.05) is 42.5 Å². The molecule has 0 bridgehead atoms. The Balaban J connectivity index is 1.82. The Hall–Kier alpha value is -3.47. The third-order valence-electron chi connectivity index (χ3n) is 3.29. The Morgan fingerprint density at radius 3 is 2.60 bits per heavy atom. The van der Waals surface area contributed by atoms with Crippen molar-refractivity contribution in [3.8, 4) is 11.6 Å². The first-order valence-electron chi connectivity index (χ1n) is 7.80. The number of hydrogen-bond acceptors (Lipinski definition) is 4. The van der Waals surface area contributed by atoms with Gasteiger partial charge in [0.05, 0.1) is 0 Å². The van der Waals surface area contributed by atoms with E-state index in [9.17, 15) is 4.79 Å². The standard InChI is InChI=1S/C20H17N3O2/c1-15(24)23-17-8-5-9-18(14-17)25-20-19(21-12-13-22-20)11-10-16-6-3-2-4-7-16/h2-14H,1H3,(H,23,24)/b11-10+. The van der Waals surface area contributed by atoms with E-state index >= 15 is 0 Å². The second kappa shape index (κ2) is 7.88. The van der Waals surface area contributed by atoms with Crippen LogP contribution >= 0.6 is 0 Å². The lowest BCUT2D eigenvalue weighted by Crippen LogP contribution is -2.05. The van der Waals surface area contributed by atoms with Gasteiger partial charge in [0.2, 0.25) is 11.8 Å². The Bertz CT molecular complexity index is 892. The molecule has 5 heteroatoms. The van der Waals surface area contributed by atoms with Crippen LogP contribution in [0.4, 0.5) is 5.69 Å². The Kier molecular flexibility index (Phi) is 5.16. The van der Waals surface area contributed by atoms with E-state index in [0.29, 0.717) is 23.0 Å². The fourth-order valence-electron chi connectivity index (χ4n) is 2.22. The highest BCUT2D eigenvalue weighted by molar-refractivity contribution is 5.88. The first-order valence-corrected chi connectivity index (χ1v) is 7.80. The topological polar surface area (TPSA) is 64.1 Å². The van der Waals surface area contributed by atoms with Gasteiger partial charge in [0.25, 0.3) is 0 Å². The van der Waals surface area contributed by atoms with Crippen LogP contribution in [0.1, 0.15) is 18.2 Å². The molecular weight excluding hydrogens is 314 g/mol. The number of aromatic nitrogens is 2. The van der Waals surface area contributed by atoms with Crippen molar-refractivity contribution in [2.45, 2.75) is 6.92 Å². The fourth-order valence-corrected chi connectivity index (χ4v) is 2.22. The second-order valence-electron chi connectivity index (χ2n) is 5.30. The van der Waals surface area contributed by atoms with Crippen molar-refractivity contribution in [1.82, 2.24) is 9.97 Å². The summed E-state index contributed by atoms with van der Waals surface area (Å²) in [6.07, 6.45) is 7.00. The van der Waals surface area contributed by atoms with Gasteiger partial charge >= 0.3 is 0 Å². The van der Waals surface area contributed by atoms with Gasteiger partial charge in [0.15, 0.2) is 0 Å². The van der Waals surface area contributed by atoms with Gasteiger partial charge < -0.3 is 10.1 Å². The number of nitrogens with zero attached hydrogens (tertiary/aromatic N) is 2. The largest absolute Gasteiger partial charge is 0.437 e. The Morgan fingerprint density at radius 1 is 1.00 bits per heavy atom. The SMILES string of the molecule is CC(=O)Nc1cccc(Oc2nccnc2/C=C/c2ccccc2)c1. The van der Waals surface area contributed by atoms with Crippen LogP contribution in [0.15, 0.2) is 67.0 Å². The normalized spacial score (nSPS) is 10.6. The average molecular weight is 331 g/mol. The molecule has 0 aliphatic heterocycles. The van der Waals surface area contributed by atoms with Crippen LogP contribution in [0.25, 0.3) is 12.2 Å². The van der Waals surface area contributed by atoms with Gasteiger partial charge in [0.1, 0.15) is 11.4 Å². The molecular formula is C20H17N3O2. The van der Waals surface area contributed by atoms with Crippen LogP contribution in [-0.2, 0) is 4.79 Å². The van der Waals surface area contributed by atoms with Crippen LogP contribution in [0, 0.1) is 0 Å². The van der Waals surface area contributed by atoms with E-state index in [-0.39, 0.29) is 5.91 Å². The number of nitrogens with one attached hydrogen (secondary N) is 1. The summed E-state index contributed by atoms with van der Waals surface area (Å²) in [7, 11) is 0. The molecule has 1 aromatic heterocycles. The van der Waals surface area contributed by atoms with Crippen molar-refractivity contribution in [2.24, 2.45) is 0 Å². The monoisotopic (exact) mass is 331 g/mol. The molecule has 5 nitrogen and oxygen atoms in total. The van der Waals surface area contributed by atoms with Gasteiger partial charge in [-0.15, -0.1) is 0 Å². The number of hydrogen-bond donors (Lipinski definition) is 1. The number of rotatable bonds is 5. The summed E-state index contributed by atoms with van der Waals surface area (Å²) in [6, 6.07) is 17.1. The summed E-state index contributed by atoms with van der Waals surface area (Å²) in [5.41, 5.74) is 2.35. The minimum Gasteiger partial charge on any atom is -0.437 e. The molecule has 3 rings (SSSR count). The molecule has 0 saturated heterocycles. The molecule has 124 valence electrons. The molecule has 0 saturated carbocycles. The zero-order valence-electron chi connectivity index (χ0n) is 13.7. The number of benzene rings is 2. The van der Waals surface area contributed by atoms with E-state index in [4.69, 9.17) is 4.74 Å². The predicted molar refractivity (Wildman–Crippen MR) is 98.2 cm³/mol. The van der Waals surface area contributed by atoms with Gasteiger partial charge in [-0.1, -0.05) is 42.5 Å². The number of ether oxygens (including phenoxy) is 1. The second-order valence-corrected chi connectivity index (χ2v) is 5.30. The maximum Gasteiger partial charge on any atom is 0.245 e. The van der Waals surface area contributed by atoms with E-state index in [1.165, 1.54) is 6.92 Å². The maximum atomic E-state index is 11.2. The Morgan fingerprint density at radius 2 is 1.80 bits per heavy atom. The minimum atomic E-state index is -0.136. The maximum absolute atomic E-state index is 11.2. The first-order chi connectivity index (χ1) is 12.2. The summed E-state index contributed by atoms with van der Waals surface area (Å²) in [6.45, 7) is 1.46. The molecule has 0 spiro atoms. The van der Waals surface area contributed by atoms with Crippen molar-refractivity contribution in [3.05, 3.63) is 78.2 Å². The fraction of sp³-hybridized carbons (Fsp3) is 0.0500. The number of carbonyl (C=O) groups excluding carboxylic acids is 1. The van der Waals surface area contributed by atoms with Gasteiger partial charge in [-0.05, 0) is 23.8 Å². The highest BCUT2D eigenvalue weighted by atomic mass is 16.5. The van der Waals surface area contributed by atoms with Crippen LogP contribution in [-0.4, -0.2) is 15.9 Å². The number of amides is 1. The lowest BCUT2D eigenvalue weighted by Gasteiger charge is -2.08. The molecule has 0 aliphatic carbocycles. The molecule has 0 fully saturated rings. The third kappa shape index (κ3) is 4.75. The van der Waals surface area contributed by atoms with Crippen LogP contribution in [0.3, 0.4) is 0 Å². The summed E-state index contributed by atoms with van der Waals surface area (Å²) >= 11 is 0. The van der Waals surface area contributed by atoms with Gasteiger partial charge in [0, 0.05) is 31.1 Å². The third-order valence-corrected chi connectivity index (χ3v) is 3.29. The summed E-state index contributed by atoms with van der Waals surface area (Å²) in [4.78, 5) is 19.7. The molecule has 0 atom stereocenters. The number of carbonyl (C=O) groups is 1. The summed E-state index contributed by atoms with van der Waals surface area (Å²) in [5.74, 6) is 0.832. The lowest BCUT2D eigenvalue weighted by molar-refractivity contribution is -0.114. The van der Waals surface area contributed by atoms with E-state index < -0.39 is 0 Å². The number of anilines is 1. The highest BCUT2D eigenvalue weighted by Crippen LogP contribution is 2.25. The van der Waals surface area contributed by atoms with E-state index in [0.717, 1.165) is 5.56 Å². The van der Waals surface area contributed by atoms with Gasteiger partial charge in [-0.2, -0.15) is 0 Å². The zero-order valence-corrected chi connectivity index (χ0v) is 13.7. The molecule has 0 aliphatic rings. The van der Waals surface area contributed by atoms with Crippen LogP contribution < -0.4 is 10.1 Å². The zero-order chi connectivity index (χ0) is 17.5. The van der Waals surface area contributed by atoms with E-state index in [1.54, 1.807) is 36.7 Å². The van der Waals surface area contributed by atoms with Crippen molar-refractivity contribution in [1.29, 1.82) is 0 Å². The highest BCUT2D eigenvalue weighted by Gasteiger charge is 2.06. The van der Waals surface area contributed by atoms with Crippen LogP contribution in [0.2, 0.25) is 0 Å². The van der Waals surface area contributed by atoms with Crippen LogP contribution in [0.5, 0.6) is 11.6 Å². The van der Waals surface area contributed by atoms with Crippen molar-refractivity contribution < 1.29 is 9.53 Å². The van der Waals surface area contributed by atoms with Crippen molar-refractivity contribution >= 4 is 23.7 Å². The van der Waals surface area contributed by atoms with Gasteiger partial charge in [-0.25, -0.2) is 9.97 Å². The van der Waals surface area contributed by atoms with Gasteiger partial charge in [-0.3, -0.25) is 4.79 Å². The predicted octanol–water partition coefficient (Wildman–Crippen LogP) is 4.40. The van der Waals surface area contributed by atoms with E-state index in [2.05, 4.69) is 15.3 Å². The van der Waals surface area contributed by atoms with Crippen molar-refractivity contribution in [3.63, 3.8) is 0 Å². The quantitative estimate of drug-likeness (QED) is 0.753. The molecule has 3 aromatic rings. The smallest absolute Gasteiger partial charge is 0.245 e. The average Bonchev–Trinajstić information content (AvgIpc) is 2.62. The molecule has 25 heavy (non-hydrogen) atoms. The first kappa shape index (κ1) is 16.4. The molecule has 1 N–H and O–H groups in total. The van der Waals surface area contributed by atoms with Crippen molar-refractivity contribution in [2.75, 3.05) is 5.32 Å². The molecule has 2 aromatic carbocycles. The summed E-state index contributed by atoms with van der Waals surface area (Å²) < 4.78 is 5.84. The molecule has 0 unspecified atom stereocenters. The molecule has 0 radical (unpaired) electrons. The Labute approximate surface area is 146 Å². The summed E-state index contributed by atoms with van der Waals surface area (Å²) in [5, 5.41) is 2.72.